The SMILES string of the molecule is COc1ccc2c(c1)C=C(C=O)C(=O)C2.COc1ccc2nc(Cl)c(C=O)cc2c1. The molecule has 0 saturated heterocycles. The lowest BCUT2D eigenvalue weighted by Gasteiger charge is -2.13. The van der Waals surface area contributed by atoms with E-state index in [0.717, 1.165) is 33.5 Å². The molecule has 1 heterocycles. The van der Waals surface area contributed by atoms with Gasteiger partial charge in [-0.3, -0.25) is 14.4 Å². The highest BCUT2D eigenvalue weighted by Crippen LogP contribution is 2.25. The van der Waals surface area contributed by atoms with Crippen LogP contribution in [-0.2, 0) is 16.0 Å². The van der Waals surface area contributed by atoms with Gasteiger partial charge in [0.25, 0.3) is 0 Å². The molecule has 152 valence electrons. The predicted molar refractivity (Wildman–Crippen MR) is 114 cm³/mol. The molecule has 0 amide bonds. The Balaban J connectivity index is 0.000000171. The molecular formula is C23H18ClNO5. The fraction of sp³-hybridized carbons (Fsp3) is 0.130. The third-order valence-electron chi connectivity index (χ3n) is 4.59. The van der Waals surface area contributed by atoms with E-state index in [2.05, 4.69) is 4.98 Å². The number of aromatic nitrogens is 1. The number of ether oxygens (including phenoxy) is 2. The Morgan fingerprint density at radius 3 is 2.33 bits per heavy atom. The molecule has 4 rings (SSSR count). The van der Waals surface area contributed by atoms with Crippen LogP contribution in [0.2, 0.25) is 5.15 Å². The van der Waals surface area contributed by atoms with Gasteiger partial charge in [-0.05, 0) is 53.6 Å². The minimum atomic E-state index is -0.123. The number of hydrogen-bond acceptors (Lipinski definition) is 6. The van der Waals surface area contributed by atoms with Gasteiger partial charge in [0, 0.05) is 11.8 Å². The van der Waals surface area contributed by atoms with E-state index in [1.54, 1.807) is 38.5 Å². The highest BCUT2D eigenvalue weighted by Gasteiger charge is 2.18. The molecule has 0 atom stereocenters. The number of aldehydes is 2. The van der Waals surface area contributed by atoms with Crippen LogP contribution in [0.4, 0.5) is 0 Å². The molecule has 1 aromatic heterocycles. The van der Waals surface area contributed by atoms with Crippen molar-refractivity contribution in [3.8, 4) is 11.5 Å². The van der Waals surface area contributed by atoms with Crippen LogP contribution in [0, 0.1) is 0 Å². The predicted octanol–water partition coefficient (Wildman–Crippen LogP) is 4.11. The fourth-order valence-corrected chi connectivity index (χ4v) is 3.17. The summed E-state index contributed by atoms with van der Waals surface area (Å²) >= 11 is 5.80. The first-order valence-electron chi connectivity index (χ1n) is 8.95. The number of Topliss-reactive ketones (excluding diaryl/α,β-unsaturated/α-hetero) is 1. The van der Waals surface area contributed by atoms with E-state index < -0.39 is 0 Å². The standard InChI is InChI=1S/C12H10O3.C11H8ClNO2/c1-15-11-3-2-8-6-12(14)10(7-13)4-9(8)5-11;1-15-9-2-3-10-7(5-9)4-8(6-14)11(12)13-10/h2-5,7H,6H2,1H3;2-6H,1H3. The van der Waals surface area contributed by atoms with Gasteiger partial charge < -0.3 is 9.47 Å². The normalized spacial score (nSPS) is 12.2. The molecule has 0 N–H and O–H groups in total. The monoisotopic (exact) mass is 423 g/mol. The van der Waals surface area contributed by atoms with Gasteiger partial charge in [-0.25, -0.2) is 4.98 Å². The molecule has 3 aromatic rings. The second-order valence-corrected chi connectivity index (χ2v) is 6.79. The van der Waals surface area contributed by atoms with Crippen LogP contribution in [0.3, 0.4) is 0 Å². The Morgan fingerprint density at radius 2 is 1.67 bits per heavy atom. The second-order valence-electron chi connectivity index (χ2n) is 6.43. The van der Waals surface area contributed by atoms with E-state index in [0.29, 0.717) is 24.6 Å². The van der Waals surface area contributed by atoms with E-state index in [1.165, 1.54) is 0 Å². The molecule has 6 nitrogen and oxygen atoms in total. The number of methoxy groups -OCH3 is 2. The number of rotatable bonds is 4. The van der Waals surface area contributed by atoms with Gasteiger partial charge in [-0.15, -0.1) is 0 Å². The van der Waals surface area contributed by atoms with E-state index >= 15 is 0 Å². The van der Waals surface area contributed by atoms with E-state index in [-0.39, 0.29) is 16.5 Å². The van der Waals surface area contributed by atoms with Crippen molar-refractivity contribution >= 4 is 46.9 Å². The largest absolute Gasteiger partial charge is 0.497 e. The zero-order valence-corrected chi connectivity index (χ0v) is 17.1. The summed E-state index contributed by atoms with van der Waals surface area (Å²) in [4.78, 5) is 36.8. The minimum Gasteiger partial charge on any atom is -0.497 e. The van der Waals surface area contributed by atoms with Crippen molar-refractivity contribution in [1.82, 2.24) is 4.98 Å². The summed E-state index contributed by atoms with van der Waals surface area (Å²) in [6, 6.07) is 12.6. The molecule has 7 heteroatoms. The lowest BCUT2D eigenvalue weighted by atomic mass is 9.92. The number of carbonyl (C=O) groups excluding carboxylic acids is 3. The summed E-state index contributed by atoms with van der Waals surface area (Å²) in [6.07, 6.45) is 3.19. The fourth-order valence-electron chi connectivity index (χ4n) is 2.98. The summed E-state index contributed by atoms with van der Waals surface area (Å²) in [5.41, 5.74) is 3.18. The molecule has 0 aliphatic heterocycles. The maximum Gasteiger partial charge on any atom is 0.170 e. The van der Waals surface area contributed by atoms with Crippen LogP contribution in [0.15, 0.2) is 48.0 Å². The third-order valence-corrected chi connectivity index (χ3v) is 4.90. The Labute approximate surface area is 178 Å². The van der Waals surface area contributed by atoms with Crippen LogP contribution >= 0.6 is 11.6 Å². The van der Waals surface area contributed by atoms with E-state index in [4.69, 9.17) is 21.1 Å². The molecule has 0 bridgehead atoms. The Morgan fingerprint density at radius 1 is 0.967 bits per heavy atom. The lowest BCUT2D eigenvalue weighted by Crippen LogP contribution is -2.13. The van der Waals surface area contributed by atoms with Crippen LogP contribution < -0.4 is 9.47 Å². The van der Waals surface area contributed by atoms with Crippen molar-refractivity contribution in [3.63, 3.8) is 0 Å². The van der Waals surface area contributed by atoms with Crippen molar-refractivity contribution in [1.29, 1.82) is 0 Å². The quantitative estimate of drug-likeness (QED) is 0.357. The average molecular weight is 424 g/mol. The lowest BCUT2D eigenvalue weighted by molar-refractivity contribution is -0.117. The van der Waals surface area contributed by atoms with Crippen molar-refractivity contribution in [2.45, 2.75) is 6.42 Å². The van der Waals surface area contributed by atoms with Gasteiger partial charge in [0.05, 0.1) is 30.9 Å². The van der Waals surface area contributed by atoms with Crippen molar-refractivity contribution in [2.75, 3.05) is 14.2 Å². The molecule has 0 unspecified atom stereocenters. The highest BCUT2D eigenvalue weighted by atomic mass is 35.5. The molecule has 1 aliphatic carbocycles. The van der Waals surface area contributed by atoms with E-state index in [9.17, 15) is 14.4 Å². The number of hydrogen-bond donors (Lipinski definition) is 0. The third kappa shape index (κ3) is 4.55. The Hall–Kier alpha value is -3.51. The van der Waals surface area contributed by atoms with Crippen LogP contribution in [0.25, 0.3) is 17.0 Å². The number of allylic oxidation sites excluding steroid dienone is 1. The van der Waals surface area contributed by atoms with Gasteiger partial charge in [0.1, 0.15) is 16.7 Å². The summed E-state index contributed by atoms with van der Waals surface area (Å²) in [7, 11) is 3.17. The molecule has 2 aromatic carbocycles. The first kappa shape index (κ1) is 21.2. The van der Waals surface area contributed by atoms with Gasteiger partial charge in [-0.1, -0.05) is 17.7 Å². The Kier molecular flexibility index (Phi) is 6.59. The molecule has 0 radical (unpaired) electrons. The molecule has 0 saturated carbocycles. The zero-order valence-electron chi connectivity index (χ0n) is 16.3. The van der Waals surface area contributed by atoms with Gasteiger partial charge in [-0.2, -0.15) is 0 Å². The Bertz CT molecular complexity index is 1170. The number of fused-ring (bicyclic) bond motifs is 2. The number of ketones is 1. The minimum absolute atomic E-state index is 0.123. The molecular weight excluding hydrogens is 406 g/mol. The van der Waals surface area contributed by atoms with E-state index in [1.807, 2.05) is 24.3 Å². The first-order valence-corrected chi connectivity index (χ1v) is 9.33. The summed E-state index contributed by atoms with van der Waals surface area (Å²) in [5.74, 6) is 1.33. The average Bonchev–Trinajstić information content (AvgIpc) is 2.77. The smallest absolute Gasteiger partial charge is 0.170 e. The highest BCUT2D eigenvalue weighted by molar-refractivity contribution is 6.32. The van der Waals surface area contributed by atoms with Crippen LogP contribution in [-0.4, -0.2) is 37.6 Å². The molecule has 30 heavy (non-hydrogen) atoms. The second kappa shape index (κ2) is 9.33. The number of carbonyl (C=O) groups is 3. The van der Waals surface area contributed by atoms with Crippen molar-refractivity contribution in [3.05, 3.63) is 69.9 Å². The maximum absolute atomic E-state index is 11.4. The molecule has 0 fully saturated rings. The number of pyridine rings is 1. The van der Waals surface area contributed by atoms with Crippen molar-refractivity contribution in [2.24, 2.45) is 0 Å². The first-order chi connectivity index (χ1) is 14.5. The number of benzene rings is 2. The zero-order chi connectivity index (χ0) is 21.7. The van der Waals surface area contributed by atoms with Crippen molar-refractivity contribution < 1.29 is 23.9 Å². The summed E-state index contributed by atoms with van der Waals surface area (Å²) < 4.78 is 10.2. The number of halogens is 1. The van der Waals surface area contributed by atoms with Gasteiger partial charge >= 0.3 is 0 Å². The topological polar surface area (TPSA) is 82.6 Å². The van der Waals surface area contributed by atoms with Crippen LogP contribution in [0.5, 0.6) is 11.5 Å². The van der Waals surface area contributed by atoms with Crippen LogP contribution in [0.1, 0.15) is 21.5 Å². The molecule has 1 aliphatic rings. The van der Waals surface area contributed by atoms with Gasteiger partial charge in [0.15, 0.2) is 18.4 Å². The summed E-state index contributed by atoms with van der Waals surface area (Å²) in [6.45, 7) is 0. The number of nitrogens with zero attached hydrogens (tertiary/aromatic N) is 1. The maximum atomic E-state index is 11.4. The summed E-state index contributed by atoms with van der Waals surface area (Å²) in [5, 5.41) is 1.06. The molecule has 0 spiro atoms. The van der Waals surface area contributed by atoms with Gasteiger partial charge in [0.2, 0.25) is 0 Å².